The molecule has 152 valence electrons. The zero-order valence-electron chi connectivity index (χ0n) is 16.9. The number of hydrogen-bond acceptors (Lipinski definition) is 4. The molecule has 1 heterocycles. The molecule has 0 aromatic heterocycles. The molecule has 0 bridgehead atoms. The lowest BCUT2D eigenvalue weighted by molar-refractivity contribution is -0.126. The summed E-state index contributed by atoms with van der Waals surface area (Å²) in [4.78, 5) is 12.8. The molecule has 1 fully saturated rings. The fraction of sp³-hybridized carbons (Fsp3) is 0.650. The summed E-state index contributed by atoms with van der Waals surface area (Å²) in [5.74, 6) is -0.365. The number of amides is 1. The van der Waals surface area contributed by atoms with Crippen molar-refractivity contribution in [2.45, 2.75) is 51.9 Å². The smallest absolute Gasteiger partial charge is 0.243 e. The van der Waals surface area contributed by atoms with Crippen molar-refractivity contribution in [1.82, 2.24) is 9.62 Å². The van der Waals surface area contributed by atoms with Crippen molar-refractivity contribution in [1.29, 1.82) is 0 Å². The van der Waals surface area contributed by atoms with Crippen molar-refractivity contribution in [3.8, 4) is 0 Å². The number of hydrogen-bond donors (Lipinski definition) is 1. The van der Waals surface area contributed by atoms with Crippen LogP contribution in [0.1, 0.15) is 42.9 Å². The number of nitrogens with zero attached hydrogens (tertiary/aromatic N) is 1. The topological polar surface area (TPSA) is 75.7 Å². The molecule has 0 saturated carbocycles. The fourth-order valence-corrected chi connectivity index (χ4v) is 5.69. The Balaban J connectivity index is 2.06. The van der Waals surface area contributed by atoms with E-state index in [1.54, 1.807) is 0 Å². The average Bonchev–Trinajstić information content (AvgIpc) is 2.60. The van der Waals surface area contributed by atoms with E-state index in [4.69, 9.17) is 4.74 Å². The minimum Gasteiger partial charge on any atom is -0.382 e. The van der Waals surface area contributed by atoms with E-state index in [1.165, 1.54) is 4.31 Å². The summed E-state index contributed by atoms with van der Waals surface area (Å²) >= 11 is 0. The van der Waals surface area contributed by atoms with Crippen LogP contribution in [0.3, 0.4) is 0 Å². The number of carbonyl (C=O) groups excluding carboxylic acids is 1. The first-order valence-corrected chi connectivity index (χ1v) is 11.1. The van der Waals surface area contributed by atoms with E-state index in [9.17, 15) is 13.2 Å². The highest BCUT2D eigenvalue weighted by atomic mass is 32.2. The Kier molecular flexibility index (Phi) is 7.82. The molecule has 1 aromatic rings. The molecule has 1 atom stereocenters. The number of benzene rings is 1. The highest BCUT2D eigenvalue weighted by molar-refractivity contribution is 7.89. The predicted molar refractivity (Wildman–Crippen MR) is 106 cm³/mol. The molecule has 6 nitrogen and oxygen atoms in total. The monoisotopic (exact) mass is 396 g/mol. The molecule has 1 aliphatic heterocycles. The van der Waals surface area contributed by atoms with Gasteiger partial charge in [0.1, 0.15) is 0 Å². The van der Waals surface area contributed by atoms with Crippen LogP contribution in [0.15, 0.2) is 17.0 Å². The van der Waals surface area contributed by atoms with Crippen molar-refractivity contribution >= 4 is 15.9 Å². The molecule has 1 saturated heterocycles. The lowest BCUT2D eigenvalue weighted by Gasteiger charge is -2.32. The van der Waals surface area contributed by atoms with Crippen molar-refractivity contribution < 1.29 is 17.9 Å². The number of rotatable bonds is 8. The lowest BCUT2D eigenvalue weighted by Crippen LogP contribution is -2.45. The van der Waals surface area contributed by atoms with Gasteiger partial charge in [-0.15, -0.1) is 0 Å². The maximum absolute atomic E-state index is 13.2. The van der Waals surface area contributed by atoms with Crippen molar-refractivity contribution in [2.24, 2.45) is 5.92 Å². The van der Waals surface area contributed by atoms with E-state index in [0.717, 1.165) is 29.5 Å². The van der Waals surface area contributed by atoms with Crippen LogP contribution < -0.4 is 5.32 Å². The normalized spacial score (nSPS) is 18.4. The van der Waals surface area contributed by atoms with E-state index in [-0.39, 0.29) is 18.4 Å². The van der Waals surface area contributed by atoms with Gasteiger partial charge in [0, 0.05) is 32.8 Å². The van der Waals surface area contributed by atoms with Crippen molar-refractivity contribution in [3.05, 3.63) is 28.8 Å². The molecular formula is C20H32N2O4S. The van der Waals surface area contributed by atoms with Crippen LogP contribution in [-0.4, -0.2) is 51.5 Å². The Morgan fingerprint density at radius 1 is 1.26 bits per heavy atom. The van der Waals surface area contributed by atoms with E-state index in [1.807, 2.05) is 39.8 Å². The van der Waals surface area contributed by atoms with Gasteiger partial charge in [-0.25, -0.2) is 8.42 Å². The van der Waals surface area contributed by atoms with Gasteiger partial charge < -0.3 is 10.1 Å². The van der Waals surface area contributed by atoms with Crippen LogP contribution in [0.2, 0.25) is 0 Å². The summed E-state index contributed by atoms with van der Waals surface area (Å²) in [7, 11) is -3.61. The lowest BCUT2D eigenvalue weighted by atomic mass is 9.99. The Hall–Kier alpha value is -1.44. The first kappa shape index (κ1) is 21.9. The van der Waals surface area contributed by atoms with Gasteiger partial charge >= 0.3 is 0 Å². The minimum atomic E-state index is -3.61. The standard InChI is InChI=1S/C20H32N2O4S/c1-5-26-11-7-9-21-20(23)18-8-6-10-22(14-18)27(24,25)19-16(3)12-15(2)13-17(19)4/h12-13,18H,5-11,14H2,1-4H3,(H,21,23)/t18-/m0/s1. The van der Waals surface area contributed by atoms with Gasteiger partial charge in [0.15, 0.2) is 0 Å². The molecule has 2 rings (SSSR count). The SMILES string of the molecule is CCOCCCNC(=O)[C@H]1CCCN(S(=O)(=O)c2c(C)cc(C)cc2C)C1. The molecule has 1 N–H and O–H groups in total. The first-order chi connectivity index (χ1) is 12.8. The predicted octanol–water partition coefficient (Wildman–Crippen LogP) is 2.56. The average molecular weight is 397 g/mol. The molecule has 0 unspecified atom stereocenters. The Bertz CT molecular complexity index is 738. The van der Waals surface area contributed by atoms with Gasteiger partial charge in [0.2, 0.25) is 15.9 Å². The van der Waals surface area contributed by atoms with Crippen LogP contribution >= 0.6 is 0 Å². The summed E-state index contributed by atoms with van der Waals surface area (Å²) in [5.41, 5.74) is 2.57. The third-order valence-corrected chi connectivity index (χ3v) is 7.10. The third-order valence-electron chi connectivity index (χ3n) is 4.93. The Morgan fingerprint density at radius 3 is 2.56 bits per heavy atom. The molecule has 7 heteroatoms. The summed E-state index contributed by atoms with van der Waals surface area (Å²) in [6, 6.07) is 3.79. The van der Waals surface area contributed by atoms with Crippen LogP contribution in [0.25, 0.3) is 0 Å². The van der Waals surface area contributed by atoms with Crippen LogP contribution in [0, 0.1) is 26.7 Å². The van der Waals surface area contributed by atoms with Gasteiger partial charge in [-0.05, 0) is 58.1 Å². The fourth-order valence-electron chi connectivity index (χ4n) is 3.75. The van der Waals surface area contributed by atoms with E-state index >= 15 is 0 Å². The molecule has 1 aliphatic rings. The maximum atomic E-state index is 13.2. The first-order valence-electron chi connectivity index (χ1n) is 9.70. The second-order valence-corrected chi connectivity index (χ2v) is 9.15. The van der Waals surface area contributed by atoms with Crippen LogP contribution in [-0.2, 0) is 19.6 Å². The molecule has 0 aliphatic carbocycles. The minimum absolute atomic E-state index is 0.0660. The third kappa shape index (κ3) is 5.53. The second-order valence-electron chi connectivity index (χ2n) is 7.27. The van der Waals surface area contributed by atoms with E-state index < -0.39 is 10.0 Å². The van der Waals surface area contributed by atoms with Gasteiger partial charge in [-0.2, -0.15) is 4.31 Å². The molecular weight excluding hydrogens is 364 g/mol. The van der Waals surface area contributed by atoms with E-state index in [0.29, 0.717) is 37.6 Å². The number of carbonyl (C=O) groups is 1. The molecule has 27 heavy (non-hydrogen) atoms. The quantitative estimate of drug-likeness (QED) is 0.685. The van der Waals surface area contributed by atoms with Gasteiger partial charge in [-0.3, -0.25) is 4.79 Å². The van der Waals surface area contributed by atoms with Crippen LogP contribution in [0.5, 0.6) is 0 Å². The largest absolute Gasteiger partial charge is 0.382 e. The summed E-state index contributed by atoms with van der Waals surface area (Å²) in [5, 5.41) is 2.91. The van der Waals surface area contributed by atoms with Gasteiger partial charge in [0.25, 0.3) is 0 Å². The highest BCUT2D eigenvalue weighted by Crippen LogP contribution is 2.28. The number of aryl methyl sites for hydroxylation is 3. The zero-order valence-corrected chi connectivity index (χ0v) is 17.7. The molecule has 0 spiro atoms. The van der Waals surface area contributed by atoms with E-state index in [2.05, 4.69) is 5.32 Å². The Morgan fingerprint density at radius 2 is 1.93 bits per heavy atom. The summed E-state index contributed by atoms with van der Waals surface area (Å²) in [6.07, 6.45) is 2.17. The van der Waals surface area contributed by atoms with Crippen molar-refractivity contribution in [3.63, 3.8) is 0 Å². The summed E-state index contributed by atoms with van der Waals surface area (Å²) < 4.78 is 33.2. The van der Waals surface area contributed by atoms with Crippen molar-refractivity contribution in [2.75, 3.05) is 32.8 Å². The van der Waals surface area contributed by atoms with Gasteiger partial charge in [-0.1, -0.05) is 17.7 Å². The summed E-state index contributed by atoms with van der Waals surface area (Å²) in [6.45, 7) is 10.1. The molecule has 1 amide bonds. The molecule has 1 aromatic carbocycles. The Labute approximate surface area is 163 Å². The number of sulfonamides is 1. The number of ether oxygens (including phenoxy) is 1. The van der Waals surface area contributed by atoms with Crippen LogP contribution in [0.4, 0.5) is 0 Å². The van der Waals surface area contributed by atoms with Gasteiger partial charge in [0.05, 0.1) is 10.8 Å². The number of nitrogens with one attached hydrogen (secondary N) is 1. The zero-order chi connectivity index (χ0) is 20.0. The second kappa shape index (κ2) is 9.66. The highest BCUT2D eigenvalue weighted by Gasteiger charge is 2.34. The molecule has 0 radical (unpaired) electrons. The maximum Gasteiger partial charge on any atom is 0.243 e. The number of piperidine rings is 1.